The molecule has 0 saturated heterocycles. The quantitative estimate of drug-likeness (QED) is 0.498. The molecule has 0 unspecified atom stereocenters. The van der Waals surface area contributed by atoms with Crippen molar-refractivity contribution in [1.29, 1.82) is 0 Å². The van der Waals surface area contributed by atoms with Crippen LogP contribution in [0, 0.1) is 0 Å². The van der Waals surface area contributed by atoms with E-state index >= 15 is 0 Å². The lowest BCUT2D eigenvalue weighted by Crippen LogP contribution is -2.44. The van der Waals surface area contributed by atoms with Crippen LogP contribution >= 0.6 is 0 Å². The Morgan fingerprint density at radius 3 is 3.17 bits per heavy atom. The minimum absolute atomic E-state index is 0.591. The fraction of sp³-hybridized carbons (Fsp3) is 0.200. The summed E-state index contributed by atoms with van der Waals surface area (Å²) in [6.07, 6.45) is 5.04. The average molecular weight is 167 g/mol. The summed E-state index contributed by atoms with van der Waals surface area (Å²) >= 11 is 0. The molecule has 0 radical (unpaired) electrons. The number of nitrogens with one attached hydrogen (secondary N) is 2. The maximum Gasteiger partial charge on any atom is 0.221 e. The minimum atomic E-state index is 0.591. The first-order chi connectivity index (χ1) is 5.86. The molecule has 1 aliphatic rings. The number of anilines is 1. The highest BCUT2D eigenvalue weighted by Crippen LogP contribution is 2.02. The largest absolute Gasteiger partial charge is 0.330 e. The Morgan fingerprint density at radius 1 is 1.67 bits per heavy atom. The predicted molar refractivity (Wildman–Crippen MR) is 43.4 cm³/mol. The molecule has 1 aromatic heterocycles. The molecule has 0 atom stereocenters. The van der Waals surface area contributed by atoms with Crippen LogP contribution in [0.2, 0.25) is 0 Å². The van der Waals surface area contributed by atoms with Gasteiger partial charge >= 0.3 is 0 Å². The van der Waals surface area contributed by atoms with Gasteiger partial charge < -0.3 is 4.98 Å². The highest BCUT2D eigenvalue weighted by molar-refractivity contribution is 5.60. The van der Waals surface area contributed by atoms with Gasteiger partial charge in [-0.3, -0.25) is 0 Å². The Labute approximate surface area is 68.8 Å². The van der Waals surface area contributed by atoms with E-state index in [0.717, 1.165) is 0 Å². The van der Waals surface area contributed by atoms with Gasteiger partial charge in [-0.05, 0) is 0 Å². The molecule has 7 heteroatoms. The number of imidazole rings is 1. The van der Waals surface area contributed by atoms with E-state index in [9.17, 15) is 0 Å². The van der Waals surface area contributed by atoms with Crippen molar-refractivity contribution < 1.29 is 0 Å². The van der Waals surface area contributed by atoms with Gasteiger partial charge in [-0.1, -0.05) is 0 Å². The molecule has 0 spiro atoms. The van der Waals surface area contributed by atoms with Gasteiger partial charge in [-0.25, -0.2) is 16.3 Å². The van der Waals surface area contributed by atoms with Gasteiger partial charge in [0.05, 0.1) is 6.54 Å². The molecule has 7 nitrogen and oxygen atoms in total. The zero-order valence-corrected chi connectivity index (χ0v) is 6.31. The number of hydrogen-bond donors (Lipinski definition) is 3. The molecule has 2 heterocycles. The van der Waals surface area contributed by atoms with Crippen LogP contribution in [0.5, 0.6) is 0 Å². The highest BCUT2D eigenvalue weighted by atomic mass is 16.0. The van der Waals surface area contributed by atoms with Crippen LogP contribution in [0.15, 0.2) is 17.5 Å². The van der Waals surface area contributed by atoms with Crippen molar-refractivity contribution in [3.63, 3.8) is 0 Å². The Balaban J connectivity index is 1.99. The van der Waals surface area contributed by atoms with Crippen molar-refractivity contribution >= 4 is 12.2 Å². The van der Waals surface area contributed by atoms with Crippen molar-refractivity contribution in [3.8, 4) is 0 Å². The number of hydrazone groups is 1. The fourth-order valence-corrected chi connectivity index (χ4v) is 0.855. The third-order valence-corrected chi connectivity index (χ3v) is 1.41. The molecule has 1 aliphatic heterocycles. The van der Waals surface area contributed by atoms with Crippen LogP contribution in [0.25, 0.3) is 0 Å². The van der Waals surface area contributed by atoms with Gasteiger partial charge in [0, 0.05) is 18.6 Å². The summed E-state index contributed by atoms with van der Waals surface area (Å²) in [6, 6.07) is 0. The zero-order valence-electron chi connectivity index (χ0n) is 6.31. The zero-order chi connectivity index (χ0) is 8.39. The second kappa shape index (κ2) is 2.80. The molecule has 0 aromatic carbocycles. The molecule has 1 aromatic rings. The van der Waals surface area contributed by atoms with E-state index in [1.54, 1.807) is 18.6 Å². The number of rotatable bonds is 2. The van der Waals surface area contributed by atoms with E-state index in [2.05, 4.69) is 20.5 Å². The molecule has 0 bridgehead atoms. The summed E-state index contributed by atoms with van der Waals surface area (Å²) in [7, 11) is 0. The number of hydrogen-bond acceptors (Lipinski definition) is 6. The van der Waals surface area contributed by atoms with E-state index in [4.69, 9.17) is 5.84 Å². The smallest absolute Gasteiger partial charge is 0.221 e. The molecule has 64 valence electrons. The molecular weight excluding hydrogens is 158 g/mol. The molecule has 2 rings (SSSR count). The van der Waals surface area contributed by atoms with Gasteiger partial charge in [0.15, 0.2) is 0 Å². The lowest BCUT2D eigenvalue weighted by atomic mass is 10.8. The Kier molecular flexibility index (Phi) is 1.65. The summed E-state index contributed by atoms with van der Waals surface area (Å²) in [4.78, 5) is 6.81. The topological polar surface area (TPSA) is 85.6 Å². The van der Waals surface area contributed by atoms with E-state index < -0.39 is 0 Å². The first kappa shape index (κ1) is 7.07. The second-order valence-corrected chi connectivity index (χ2v) is 2.26. The standard InChI is InChI=1S/C5H9N7/c6-11-4-3-9-12(11)10-5-7-1-2-8-5/h1-3H,4,6H2,(H2,7,8,10). The minimum Gasteiger partial charge on any atom is -0.330 e. The van der Waals surface area contributed by atoms with Crippen LogP contribution in [0.4, 0.5) is 5.95 Å². The molecule has 0 fully saturated rings. The van der Waals surface area contributed by atoms with E-state index in [-0.39, 0.29) is 0 Å². The van der Waals surface area contributed by atoms with Gasteiger partial charge in [0.1, 0.15) is 0 Å². The first-order valence-electron chi connectivity index (χ1n) is 3.47. The van der Waals surface area contributed by atoms with E-state index in [1.165, 1.54) is 10.3 Å². The van der Waals surface area contributed by atoms with Gasteiger partial charge in [-0.2, -0.15) is 5.10 Å². The SMILES string of the molecule is NN1CC=NN1Nc1ncc[nH]1. The highest BCUT2D eigenvalue weighted by Gasteiger charge is 2.13. The van der Waals surface area contributed by atoms with Crippen LogP contribution in [-0.2, 0) is 0 Å². The van der Waals surface area contributed by atoms with E-state index in [1.807, 2.05) is 0 Å². The Morgan fingerprint density at radius 2 is 2.58 bits per heavy atom. The molecule has 4 N–H and O–H groups in total. The van der Waals surface area contributed by atoms with Crippen LogP contribution < -0.4 is 11.3 Å². The second-order valence-electron chi connectivity index (χ2n) is 2.26. The third-order valence-electron chi connectivity index (χ3n) is 1.41. The van der Waals surface area contributed by atoms with Crippen LogP contribution in [0.3, 0.4) is 0 Å². The van der Waals surface area contributed by atoms with Gasteiger partial charge in [0.25, 0.3) is 0 Å². The monoisotopic (exact) mass is 167 g/mol. The first-order valence-corrected chi connectivity index (χ1v) is 3.47. The van der Waals surface area contributed by atoms with Crippen molar-refractivity contribution in [2.45, 2.75) is 0 Å². The maximum absolute atomic E-state index is 5.53. The average Bonchev–Trinajstić information content (AvgIpc) is 2.65. The maximum atomic E-state index is 5.53. The Hall–Kier alpha value is -1.60. The normalized spacial score (nSPS) is 17.2. The van der Waals surface area contributed by atoms with E-state index in [0.29, 0.717) is 12.5 Å². The lowest BCUT2D eigenvalue weighted by molar-refractivity contribution is 0.0348. The number of nitrogens with two attached hydrogens (primary N) is 1. The van der Waals surface area contributed by atoms with Crippen molar-refractivity contribution in [2.24, 2.45) is 10.9 Å². The molecular formula is C5H9N7. The summed E-state index contributed by atoms with van der Waals surface area (Å²) in [6.45, 7) is 0.591. The van der Waals surface area contributed by atoms with Crippen LogP contribution in [0.1, 0.15) is 0 Å². The Bertz CT molecular complexity index is 265. The summed E-state index contributed by atoms with van der Waals surface area (Å²) < 4.78 is 0. The van der Waals surface area contributed by atoms with Gasteiger partial charge in [0.2, 0.25) is 5.95 Å². The number of aromatic nitrogens is 2. The summed E-state index contributed by atoms with van der Waals surface area (Å²) in [5, 5.41) is 6.75. The van der Waals surface area contributed by atoms with Crippen LogP contribution in [-0.4, -0.2) is 33.1 Å². The van der Waals surface area contributed by atoms with Crippen molar-refractivity contribution in [1.82, 2.24) is 20.3 Å². The number of aromatic amines is 1. The number of nitrogens with zero attached hydrogens (tertiary/aromatic N) is 4. The third kappa shape index (κ3) is 1.22. The molecule has 0 aliphatic carbocycles. The summed E-state index contributed by atoms with van der Waals surface area (Å²) in [5.74, 6) is 6.13. The molecule has 0 saturated carbocycles. The van der Waals surface area contributed by atoms with Crippen molar-refractivity contribution in [2.75, 3.05) is 12.0 Å². The predicted octanol–water partition coefficient (Wildman–Crippen LogP) is -0.871. The lowest BCUT2D eigenvalue weighted by Gasteiger charge is -2.21. The molecule has 0 amide bonds. The number of hydrazine groups is 3. The molecule has 12 heavy (non-hydrogen) atoms. The fourth-order valence-electron chi connectivity index (χ4n) is 0.855. The number of H-pyrrole nitrogens is 1. The van der Waals surface area contributed by atoms with Gasteiger partial charge in [-0.15, -0.1) is 10.3 Å². The van der Waals surface area contributed by atoms with Crippen molar-refractivity contribution in [3.05, 3.63) is 12.4 Å². The summed E-state index contributed by atoms with van der Waals surface area (Å²) in [5.41, 5.74) is 2.84.